The maximum Gasteiger partial charge on any atom is 0.118 e. The lowest BCUT2D eigenvalue weighted by molar-refractivity contribution is 0.145. The summed E-state index contributed by atoms with van der Waals surface area (Å²) in [4.78, 5) is 0. The Morgan fingerprint density at radius 3 is 2.86 bits per heavy atom. The fourth-order valence-electron chi connectivity index (χ4n) is 1.42. The van der Waals surface area contributed by atoms with Crippen LogP contribution in [0.3, 0.4) is 0 Å². The summed E-state index contributed by atoms with van der Waals surface area (Å²) in [5, 5.41) is 9.55. The SMILES string of the molecule is CCOCCCc1cc(C)ccc1O. The van der Waals surface area contributed by atoms with Crippen LogP contribution in [0.4, 0.5) is 0 Å². The standard InChI is InChI=1S/C12H18O2/c1-3-14-8-4-5-11-9-10(2)6-7-12(11)13/h6-7,9,13H,3-5,8H2,1-2H3. The van der Waals surface area contributed by atoms with Gasteiger partial charge < -0.3 is 9.84 Å². The number of phenols is 1. The third-order valence-electron chi connectivity index (χ3n) is 2.17. The van der Waals surface area contributed by atoms with Gasteiger partial charge in [0.05, 0.1) is 0 Å². The maximum atomic E-state index is 9.55. The smallest absolute Gasteiger partial charge is 0.118 e. The number of aryl methyl sites for hydroxylation is 2. The number of hydrogen-bond acceptors (Lipinski definition) is 2. The van der Waals surface area contributed by atoms with E-state index < -0.39 is 0 Å². The second kappa shape index (κ2) is 5.66. The Labute approximate surface area is 85.5 Å². The first-order valence-electron chi connectivity index (χ1n) is 5.10. The van der Waals surface area contributed by atoms with E-state index in [0.717, 1.165) is 31.6 Å². The molecule has 2 heteroatoms. The summed E-state index contributed by atoms with van der Waals surface area (Å²) in [6.45, 7) is 5.55. The molecule has 0 heterocycles. The number of rotatable bonds is 5. The van der Waals surface area contributed by atoms with E-state index in [2.05, 4.69) is 0 Å². The van der Waals surface area contributed by atoms with Gasteiger partial charge in [0.2, 0.25) is 0 Å². The van der Waals surface area contributed by atoms with Gasteiger partial charge in [-0.1, -0.05) is 17.7 Å². The molecular weight excluding hydrogens is 176 g/mol. The third-order valence-corrected chi connectivity index (χ3v) is 2.17. The van der Waals surface area contributed by atoms with Gasteiger partial charge in [-0.2, -0.15) is 0 Å². The van der Waals surface area contributed by atoms with Crippen LogP contribution in [-0.2, 0) is 11.2 Å². The molecule has 1 N–H and O–H groups in total. The highest BCUT2D eigenvalue weighted by Crippen LogP contribution is 2.19. The first-order chi connectivity index (χ1) is 6.74. The topological polar surface area (TPSA) is 29.5 Å². The zero-order valence-electron chi connectivity index (χ0n) is 8.92. The molecule has 0 radical (unpaired) electrons. The predicted octanol–water partition coefficient (Wildman–Crippen LogP) is 2.67. The molecule has 0 bridgehead atoms. The van der Waals surface area contributed by atoms with Crippen molar-refractivity contribution in [1.82, 2.24) is 0 Å². The van der Waals surface area contributed by atoms with E-state index in [4.69, 9.17) is 4.74 Å². The molecule has 1 aromatic carbocycles. The van der Waals surface area contributed by atoms with Gasteiger partial charge in [-0.15, -0.1) is 0 Å². The molecule has 0 unspecified atom stereocenters. The van der Waals surface area contributed by atoms with Crippen LogP contribution in [0.15, 0.2) is 18.2 Å². The second-order valence-electron chi connectivity index (χ2n) is 3.43. The van der Waals surface area contributed by atoms with Gasteiger partial charge in [0.15, 0.2) is 0 Å². The Bertz CT molecular complexity index is 282. The van der Waals surface area contributed by atoms with Crippen LogP contribution in [0, 0.1) is 6.92 Å². The highest BCUT2D eigenvalue weighted by Gasteiger charge is 2.00. The summed E-state index contributed by atoms with van der Waals surface area (Å²) >= 11 is 0. The highest BCUT2D eigenvalue weighted by molar-refractivity contribution is 5.35. The minimum Gasteiger partial charge on any atom is -0.508 e. The minimum atomic E-state index is 0.395. The fraction of sp³-hybridized carbons (Fsp3) is 0.500. The molecule has 0 saturated heterocycles. The monoisotopic (exact) mass is 194 g/mol. The Balaban J connectivity index is 2.45. The van der Waals surface area contributed by atoms with Crippen LogP contribution in [-0.4, -0.2) is 18.3 Å². The van der Waals surface area contributed by atoms with E-state index in [9.17, 15) is 5.11 Å². The Morgan fingerprint density at radius 1 is 1.36 bits per heavy atom. The summed E-state index contributed by atoms with van der Waals surface area (Å²) in [6.07, 6.45) is 1.85. The first-order valence-corrected chi connectivity index (χ1v) is 5.10. The molecule has 0 aliphatic carbocycles. The van der Waals surface area contributed by atoms with E-state index in [1.807, 2.05) is 26.0 Å². The van der Waals surface area contributed by atoms with E-state index >= 15 is 0 Å². The number of aromatic hydroxyl groups is 1. The molecule has 2 nitrogen and oxygen atoms in total. The van der Waals surface area contributed by atoms with Crippen LogP contribution in [0.5, 0.6) is 5.75 Å². The molecule has 0 atom stereocenters. The average Bonchev–Trinajstić information content (AvgIpc) is 2.18. The van der Waals surface area contributed by atoms with Crippen molar-refractivity contribution in [2.24, 2.45) is 0 Å². The normalized spacial score (nSPS) is 10.4. The molecule has 1 rings (SSSR count). The Morgan fingerprint density at radius 2 is 2.14 bits per heavy atom. The number of ether oxygens (including phenoxy) is 1. The quantitative estimate of drug-likeness (QED) is 0.730. The molecule has 1 aromatic rings. The lowest BCUT2D eigenvalue weighted by Crippen LogP contribution is -1.96. The van der Waals surface area contributed by atoms with Crippen molar-refractivity contribution in [2.75, 3.05) is 13.2 Å². The summed E-state index contributed by atoms with van der Waals surface area (Å²) in [5.74, 6) is 0.395. The summed E-state index contributed by atoms with van der Waals surface area (Å²) in [7, 11) is 0. The van der Waals surface area contributed by atoms with Gasteiger partial charge in [0, 0.05) is 13.2 Å². The highest BCUT2D eigenvalue weighted by atomic mass is 16.5. The predicted molar refractivity (Wildman–Crippen MR) is 57.7 cm³/mol. The lowest BCUT2D eigenvalue weighted by atomic mass is 10.1. The number of benzene rings is 1. The Kier molecular flexibility index (Phi) is 4.47. The second-order valence-corrected chi connectivity index (χ2v) is 3.43. The van der Waals surface area contributed by atoms with Crippen molar-refractivity contribution < 1.29 is 9.84 Å². The lowest BCUT2D eigenvalue weighted by Gasteiger charge is -2.05. The largest absolute Gasteiger partial charge is 0.508 e. The summed E-state index contributed by atoms with van der Waals surface area (Å²) in [5.41, 5.74) is 2.21. The number of hydrogen-bond donors (Lipinski definition) is 1. The molecule has 0 amide bonds. The van der Waals surface area contributed by atoms with Crippen LogP contribution in [0.25, 0.3) is 0 Å². The van der Waals surface area contributed by atoms with Gasteiger partial charge in [-0.05, 0) is 38.3 Å². The molecule has 14 heavy (non-hydrogen) atoms. The van der Waals surface area contributed by atoms with Crippen LogP contribution in [0.1, 0.15) is 24.5 Å². The van der Waals surface area contributed by atoms with E-state index in [1.165, 1.54) is 5.56 Å². The van der Waals surface area contributed by atoms with Gasteiger partial charge in [0.25, 0.3) is 0 Å². The van der Waals surface area contributed by atoms with E-state index in [1.54, 1.807) is 6.07 Å². The summed E-state index contributed by atoms with van der Waals surface area (Å²) in [6, 6.07) is 5.70. The minimum absolute atomic E-state index is 0.395. The average molecular weight is 194 g/mol. The number of phenolic OH excluding ortho intramolecular Hbond substituents is 1. The molecule has 0 fully saturated rings. The van der Waals surface area contributed by atoms with Crippen LogP contribution >= 0.6 is 0 Å². The van der Waals surface area contributed by atoms with Gasteiger partial charge in [0.1, 0.15) is 5.75 Å². The molecule has 0 aliphatic heterocycles. The van der Waals surface area contributed by atoms with Gasteiger partial charge in [-0.3, -0.25) is 0 Å². The fourth-order valence-corrected chi connectivity index (χ4v) is 1.42. The molecule has 0 aliphatic rings. The van der Waals surface area contributed by atoms with Crippen LogP contribution < -0.4 is 0 Å². The Hall–Kier alpha value is -1.02. The van der Waals surface area contributed by atoms with Gasteiger partial charge in [-0.25, -0.2) is 0 Å². The third kappa shape index (κ3) is 3.38. The molecule has 0 spiro atoms. The molecule has 0 saturated carbocycles. The van der Waals surface area contributed by atoms with Crippen molar-refractivity contribution in [3.63, 3.8) is 0 Å². The zero-order valence-corrected chi connectivity index (χ0v) is 8.92. The van der Waals surface area contributed by atoms with Crippen molar-refractivity contribution in [2.45, 2.75) is 26.7 Å². The zero-order chi connectivity index (χ0) is 10.4. The van der Waals surface area contributed by atoms with Gasteiger partial charge >= 0.3 is 0 Å². The molecule has 0 aromatic heterocycles. The summed E-state index contributed by atoms with van der Waals surface area (Å²) < 4.78 is 5.24. The van der Waals surface area contributed by atoms with Crippen molar-refractivity contribution in [3.8, 4) is 5.75 Å². The molecule has 78 valence electrons. The van der Waals surface area contributed by atoms with Crippen LogP contribution in [0.2, 0.25) is 0 Å². The first kappa shape index (κ1) is 11.1. The maximum absolute atomic E-state index is 9.55. The van der Waals surface area contributed by atoms with Crippen molar-refractivity contribution >= 4 is 0 Å². The van der Waals surface area contributed by atoms with Crippen molar-refractivity contribution in [3.05, 3.63) is 29.3 Å². The van der Waals surface area contributed by atoms with Crippen molar-refractivity contribution in [1.29, 1.82) is 0 Å². The van der Waals surface area contributed by atoms with E-state index in [0.29, 0.717) is 5.75 Å². The molecular formula is C12H18O2. The van der Waals surface area contributed by atoms with E-state index in [-0.39, 0.29) is 0 Å².